The van der Waals surface area contributed by atoms with Gasteiger partial charge in [0.15, 0.2) is 11.5 Å². The van der Waals surface area contributed by atoms with Gasteiger partial charge in [0.05, 0.1) is 50.3 Å². The van der Waals surface area contributed by atoms with E-state index in [0.29, 0.717) is 29.3 Å². The molecule has 2 aromatic carbocycles. The third kappa shape index (κ3) is 4.62. The van der Waals surface area contributed by atoms with Crippen LogP contribution >= 0.6 is 0 Å². The minimum Gasteiger partial charge on any atom is -0.496 e. The molecule has 4 rings (SSSR count). The van der Waals surface area contributed by atoms with E-state index in [2.05, 4.69) is 4.98 Å². The van der Waals surface area contributed by atoms with E-state index in [1.807, 2.05) is 62.4 Å². The van der Waals surface area contributed by atoms with Crippen molar-refractivity contribution >= 4 is 16.8 Å². The summed E-state index contributed by atoms with van der Waals surface area (Å²) >= 11 is 0. The molecule has 4 aromatic rings. The molecule has 0 N–H and O–H groups in total. The molecule has 0 saturated carbocycles. The first-order chi connectivity index (χ1) is 16.9. The predicted molar refractivity (Wildman–Crippen MR) is 136 cm³/mol. The number of fused-ring (bicyclic) bond motifs is 1. The van der Waals surface area contributed by atoms with Crippen molar-refractivity contribution in [2.75, 3.05) is 28.4 Å². The summed E-state index contributed by atoms with van der Waals surface area (Å²) in [7, 11) is 6.61. The third-order valence-corrected chi connectivity index (χ3v) is 6.11. The van der Waals surface area contributed by atoms with E-state index < -0.39 is 0 Å². The van der Waals surface area contributed by atoms with Crippen LogP contribution < -0.4 is 14.2 Å². The second-order valence-corrected chi connectivity index (χ2v) is 8.35. The number of aryl methyl sites for hydroxylation is 1. The highest BCUT2D eigenvalue weighted by molar-refractivity contribution is 6.07. The number of para-hydroxylation sites is 1. The molecule has 1 amide bonds. The largest absolute Gasteiger partial charge is 0.496 e. The van der Waals surface area contributed by atoms with E-state index >= 15 is 0 Å². The van der Waals surface area contributed by atoms with Crippen molar-refractivity contribution in [2.24, 2.45) is 0 Å². The SMILES string of the molecule is COc1ccc(-c2cc(C(=O)N(C)Cc3ncc(C)c(OC)c3C)c3ccccc3n2)cc1OC. The lowest BCUT2D eigenvalue weighted by atomic mass is 10.0. The summed E-state index contributed by atoms with van der Waals surface area (Å²) in [6.45, 7) is 4.27. The zero-order chi connectivity index (χ0) is 25.1. The molecule has 0 fully saturated rings. The van der Waals surface area contributed by atoms with Crippen LogP contribution in [0.4, 0.5) is 0 Å². The number of methoxy groups -OCH3 is 3. The molecular weight excluding hydrogens is 442 g/mol. The van der Waals surface area contributed by atoms with Gasteiger partial charge in [-0.2, -0.15) is 0 Å². The molecule has 0 aliphatic rings. The zero-order valence-corrected chi connectivity index (χ0v) is 20.9. The van der Waals surface area contributed by atoms with Crippen LogP contribution in [-0.2, 0) is 6.54 Å². The standard InChI is InChI=1S/C28H29N3O4/c1-17-15-29-24(18(2)27(17)35-6)16-31(3)28(32)21-14-23(30-22-10-8-7-9-20(21)22)19-11-12-25(33-4)26(13-19)34-5/h7-15H,16H2,1-6H3. The maximum atomic E-state index is 13.7. The Kier molecular flexibility index (Phi) is 6.87. The first kappa shape index (κ1) is 24.0. The maximum absolute atomic E-state index is 13.7. The molecule has 0 bridgehead atoms. The molecule has 7 heteroatoms. The van der Waals surface area contributed by atoms with Crippen LogP contribution in [-0.4, -0.2) is 49.2 Å². The lowest BCUT2D eigenvalue weighted by Crippen LogP contribution is -2.27. The van der Waals surface area contributed by atoms with E-state index in [1.54, 1.807) is 39.5 Å². The maximum Gasteiger partial charge on any atom is 0.254 e. The molecule has 0 radical (unpaired) electrons. The van der Waals surface area contributed by atoms with Gasteiger partial charge in [-0.1, -0.05) is 18.2 Å². The minimum atomic E-state index is -0.119. The normalized spacial score (nSPS) is 10.8. The molecule has 0 saturated heterocycles. The van der Waals surface area contributed by atoms with E-state index in [1.165, 1.54) is 0 Å². The quantitative estimate of drug-likeness (QED) is 0.368. The van der Waals surface area contributed by atoms with Crippen molar-refractivity contribution in [3.8, 4) is 28.5 Å². The zero-order valence-electron chi connectivity index (χ0n) is 20.9. The number of ether oxygens (including phenoxy) is 3. The number of carbonyl (C=O) groups excluding carboxylic acids is 1. The monoisotopic (exact) mass is 471 g/mol. The van der Waals surface area contributed by atoms with Gasteiger partial charge in [-0.05, 0) is 44.2 Å². The van der Waals surface area contributed by atoms with Crippen LogP contribution in [0.15, 0.2) is 54.7 Å². The summed E-state index contributed by atoms with van der Waals surface area (Å²) in [4.78, 5) is 24.7. The van der Waals surface area contributed by atoms with E-state index in [9.17, 15) is 4.79 Å². The van der Waals surface area contributed by atoms with E-state index in [-0.39, 0.29) is 5.91 Å². The fraction of sp³-hybridized carbons (Fsp3) is 0.250. The molecule has 7 nitrogen and oxygen atoms in total. The van der Waals surface area contributed by atoms with Crippen LogP contribution in [0.25, 0.3) is 22.2 Å². The molecule has 0 aliphatic carbocycles. The number of rotatable bonds is 7. The average molecular weight is 472 g/mol. The van der Waals surface area contributed by atoms with Crippen molar-refractivity contribution in [1.82, 2.24) is 14.9 Å². The Morgan fingerprint density at radius 1 is 0.943 bits per heavy atom. The van der Waals surface area contributed by atoms with Crippen molar-refractivity contribution in [3.05, 3.63) is 77.1 Å². The Labute approximate surface area is 205 Å². The van der Waals surface area contributed by atoms with Gasteiger partial charge >= 0.3 is 0 Å². The van der Waals surface area contributed by atoms with Crippen LogP contribution in [0.5, 0.6) is 17.2 Å². The second-order valence-electron chi connectivity index (χ2n) is 8.35. The van der Waals surface area contributed by atoms with Gasteiger partial charge in [-0.3, -0.25) is 9.78 Å². The third-order valence-electron chi connectivity index (χ3n) is 6.11. The summed E-state index contributed by atoms with van der Waals surface area (Å²) in [5, 5.41) is 0.791. The number of aromatic nitrogens is 2. The Bertz CT molecular complexity index is 1400. The number of nitrogens with zero attached hydrogens (tertiary/aromatic N) is 3. The molecule has 0 aliphatic heterocycles. The Morgan fingerprint density at radius 3 is 2.40 bits per heavy atom. The molecule has 180 valence electrons. The van der Waals surface area contributed by atoms with Crippen LogP contribution in [0.1, 0.15) is 27.2 Å². The molecule has 0 unspecified atom stereocenters. The second kappa shape index (κ2) is 10.0. The number of hydrogen-bond donors (Lipinski definition) is 0. The van der Waals surface area contributed by atoms with E-state index in [4.69, 9.17) is 19.2 Å². The summed E-state index contributed by atoms with van der Waals surface area (Å²) < 4.78 is 16.4. The average Bonchev–Trinajstić information content (AvgIpc) is 2.89. The summed E-state index contributed by atoms with van der Waals surface area (Å²) in [5.41, 5.74) is 5.49. The van der Waals surface area contributed by atoms with Gasteiger partial charge in [-0.15, -0.1) is 0 Å². The van der Waals surface area contributed by atoms with E-state index in [0.717, 1.165) is 39.0 Å². The van der Waals surface area contributed by atoms with Gasteiger partial charge in [0.1, 0.15) is 5.75 Å². The number of carbonyl (C=O) groups is 1. The van der Waals surface area contributed by atoms with Crippen LogP contribution in [0.3, 0.4) is 0 Å². The Hall–Kier alpha value is -4.13. The van der Waals surface area contributed by atoms with Crippen LogP contribution in [0, 0.1) is 13.8 Å². The van der Waals surface area contributed by atoms with Crippen molar-refractivity contribution in [3.63, 3.8) is 0 Å². The fourth-order valence-electron chi connectivity index (χ4n) is 4.23. The molecule has 2 heterocycles. The first-order valence-corrected chi connectivity index (χ1v) is 11.2. The minimum absolute atomic E-state index is 0.119. The van der Waals surface area contributed by atoms with Gasteiger partial charge < -0.3 is 19.1 Å². The molecule has 0 atom stereocenters. The number of hydrogen-bond acceptors (Lipinski definition) is 6. The highest BCUT2D eigenvalue weighted by atomic mass is 16.5. The lowest BCUT2D eigenvalue weighted by molar-refractivity contribution is 0.0785. The number of benzene rings is 2. The molecule has 0 spiro atoms. The first-order valence-electron chi connectivity index (χ1n) is 11.2. The predicted octanol–water partition coefficient (Wildman–Crippen LogP) is 5.21. The van der Waals surface area contributed by atoms with Crippen molar-refractivity contribution < 1.29 is 19.0 Å². The van der Waals surface area contributed by atoms with Crippen molar-refractivity contribution in [1.29, 1.82) is 0 Å². The van der Waals surface area contributed by atoms with Crippen molar-refractivity contribution in [2.45, 2.75) is 20.4 Å². The Balaban J connectivity index is 1.75. The van der Waals surface area contributed by atoms with Gasteiger partial charge in [0.25, 0.3) is 5.91 Å². The topological polar surface area (TPSA) is 73.8 Å². The number of amides is 1. The highest BCUT2D eigenvalue weighted by Gasteiger charge is 2.20. The smallest absolute Gasteiger partial charge is 0.254 e. The molecular formula is C28H29N3O4. The lowest BCUT2D eigenvalue weighted by Gasteiger charge is -2.21. The fourth-order valence-corrected chi connectivity index (χ4v) is 4.23. The Morgan fingerprint density at radius 2 is 1.69 bits per heavy atom. The van der Waals surface area contributed by atoms with Crippen LogP contribution in [0.2, 0.25) is 0 Å². The molecule has 2 aromatic heterocycles. The summed E-state index contributed by atoms with van der Waals surface area (Å²) in [6, 6.07) is 15.1. The van der Waals surface area contributed by atoms with Gasteiger partial charge in [-0.25, -0.2) is 4.98 Å². The molecule has 35 heavy (non-hydrogen) atoms. The van der Waals surface area contributed by atoms with Gasteiger partial charge in [0.2, 0.25) is 0 Å². The van der Waals surface area contributed by atoms with Gasteiger partial charge in [0, 0.05) is 35.3 Å². The highest BCUT2D eigenvalue weighted by Crippen LogP contribution is 2.33. The summed E-state index contributed by atoms with van der Waals surface area (Å²) in [6.07, 6.45) is 1.77. The number of pyridine rings is 2. The summed E-state index contributed by atoms with van der Waals surface area (Å²) in [5.74, 6) is 1.90.